The molecule has 2 aromatic rings. The summed E-state index contributed by atoms with van der Waals surface area (Å²) in [5.74, 6) is 1.89. The molecule has 0 aliphatic rings. The highest BCUT2D eigenvalue weighted by atomic mass is 19.1. The van der Waals surface area contributed by atoms with Gasteiger partial charge >= 0.3 is 0 Å². The molecule has 0 unspecified atom stereocenters. The van der Waals surface area contributed by atoms with Gasteiger partial charge in [-0.05, 0) is 56.4 Å². The molecular formula is C22H31FN4O2. The molecule has 0 aliphatic carbocycles. The molecule has 2 N–H and O–H groups in total. The first-order valence-electron chi connectivity index (χ1n) is 9.62. The molecule has 0 bridgehead atoms. The van der Waals surface area contributed by atoms with Crippen molar-refractivity contribution < 1.29 is 13.9 Å². The van der Waals surface area contributed by atoms with Crippen molar-refractivity contribution in [1.82, 2.24) is 15.5 Å². The molecule has 158 valence electrons. The van der Waals surface area contributed by atoms with Crippen molar-refractivity contribution in [2.45, 2.75) is 26.6 Å². The number of halogens is 1. The number of hydrogen-bond donors (Lipinski definition) is 2. The fourth-order valence-electron chi connectivity index (χ4n) is 2.88. The van der Waals surface area contributed by atoms with Gasteiger partial charge in [0, 0.05) is 25.2 Å². The minimum absolute atomic E-state index is 0.190. The van der Waals surface area contributed by atoms with Gasteiger partial charge in [0.25, 0.3) is 0 Å². The van der Waals surface area contributed by atoms with Crippen LogP contribution in [0.1, 0.15) is 23.6 Å². The van der Waals surface area contributed by atoms with Crippen molar-refractivity contribution in [3.63, 3.8) is 0 Å². The lowest BCUT2D eigenvalue weighted by molar-refractivity contribution is 0.354. The third kappa shape index (κ3) is 6.94. The van der Waals surface area contributed by atoms with Crippen molar-refractivity contribution in [2.75, 3.05) is 34.9 Å². The Morgan fingerprint density at radius 1 is 1.00 bits per heavy atom. The molecule has 0 aliphatic heterocycles. The number of benzene rings is 2. The Balaban J connectivity index is 2.06. The summed E-state index contributed by atoms with van der Waals surface area (Å²) < 4.78 is 24.6. The SMILES string of the molecule is CCNC(=NCc1ccc(F)c(CN(C)C)c1)NCc1ccc(OC)c(OC)c1. The lowest BCUT2D eigenvalue weighted by Crippen LogP contribution is -2.36. The van der Waals surface area contributed by atoms with Gasteiger partial charge in [-0.15, -0.1) is 0 Å². The highest BCUT2D eigenvalue weighted by Gasteiger charge is 2.07. The van der Waals surface area contributed by atoms with E-state index in [9.17, 15) is 4.39 Å². The Bertz CT molecular complexity index is 824. The molecule has 0 saturated carbocycles. The number of rotatable bonds is 9. The predicted molar refractivity (Wildman–Crippen MR) is 115 cm³/mol. The summed E-state index contributed by atoms with van der Waals surface area (Å²) in [4.78, 5) is 6.57. The third-order valence-corrected chi connectivity index (χ3v) is 4.27. The zero-order valence-corrected chi connectivity index (χ0v) is 17.9. The maximum absolute atomic E-state index is 14.0. The van der Waals surface area contributed by atoms with Crippen LogP contribution in [0.3, 0.4) is 0 Å². The largest absolute Gasteiger partial charge is 0.493 e. The molecule has 6 nitrogen and oxygen atoms in total. The van der Waals surface area contributed by atoms with Crippen molar-refractivity contribution in [1.29, 1.82) is 0 Å². The van der Waals surface area contributed by atoms with E-state index in [2.05, 4.69) is 15.6 Å². The van der Waals surface area contributed by atoms with Gasteiger partial charge in [0.2, 0.25) is 0 Å². The zero-order chi connectivity index (χ0) is 21.2. The summed E-state index contributed by atoms with van der Waals surface area (Å²) in [7, 11) is 7.08. The van der Waals surface area contributed by atoms with E-state index in [-0.39, 0.29) is 5.82 Å². The van der Waals surface area contributed by atoms with E-state index in [1.54, 1.807) is 20.3 Å². The van der Waals surface area contributed by atoms with Crippen molar-refractivity contribution >= 4 is 5.96 Å². The second-order valence-corrected chi connectivity index (χ2v) is 6.90. The van der Waals surface area contributed by atoms with Crippen LogP contribution >= 0.6 is 0 Å². The molecule has 0 radical (unpaired) electrons. The average molecular weight is 403 g/mol. The molecule has 0 aromatic heterocycles. The van der Waals surface area contributed by atoms with E-state index in [1.807, 2.05) is 50.2 Å². The molecule has 0 fully saturated rings. The fraction of sp³-hybridized carbons (Fsp3) is 0.409. The van der Waals surface area contributed by atoms with E-state index < -0.39 is 0 Å². The van der Waals surface area contributed by atoms with Gasteiger partial charge in [0.05, 0.1) is 20.8 Å². The standard InChI is InChI=1S/C22H31FN4O2/c1-6-24-22(26-14-17-8-10-20(28-4)21(12-17)29-5)25-13-16-7-9-19(23)18(11-16)15-27(2)3/h7-12H,6,13-15H2,1-5H3,(H2,24,25,26). The fourth-order valence-corrected chi connectivity index (χ4v) is 2.88. The molecular weight excluding hydrogens is 371 g/mol. The highest BCUT2D eigenvalue weighted by Crippen LogP contribution is 2.27. The van der Waals surface area contributed by atoms with Crippen LogP contribution in [0, 0.1) is 5.82 Å². The van der Waals surface area contributed by atoms with Crippen LogP contribution in [0.2, 0.25) is 0 Å². The van der Waals surface area contributed by atoms with Crippen LogP contribution in [0.4, 0.5) is 4.39 Å². The van der Waals surface area contributed by atoms with Crippen LogP contribution in [0.15, 0.2) is 41.4 Å². The maximum atomic E-state index is 14.0. The smallest absolute Gasteiger partial charge is 0.191 e. The molecule has 2 aromatic carbocycles. The van der Waals surface area contributed by atoms with Gasteiger partial charge in [0.15, 0.2) is 17.5 Å². The number of nitrogens with zero attached hydrogens (tertiary/aromatic N) is 2. The Morgan fingerprint density at radius 3 is 2.38 bits per heavy atom. The summed E-state index contributed by atoms with van der Waals surface area (Å²) in [6, 6.07) is 10.9. The third-order valence-electron chi connectivity index (χ3n) is 4.27. The summed E-state index contributed by atoms with van der Waals surface area (Å²) in [5.41, 5.74) is 2.68. The Labute approximate surface area is 172 Å². The first-order chi connectivity index (χ1) is 14.0. The van der Waals surface area contributed by atoms with Crippen molar-refractivity contribution in [3.05, 3.63) is 58.9 Å². The summed E-state index contributed by atoms with van der Waals surface area (Å²) in [6.45, 7) is 4.36. The van der Waals surface area contributed by atoms with Crippen molar-refractivity contribution in [3.8, 4) is 11.5 Å². The van der Waals surface area contributed by atoms with Crippen LogP contribution in [-0.4, -0.2) is 45.7 Å². The molecule has 29 heavy (non-hydrogen) atoms. The Hall–Kier alpha value is -2.80. The van der Waals surface area contributed by atoms with Crippen molar-refractivity contribution in [2.24, 2.45) is 4.99 Å². The van der Waals surface area contributed by atoms with E-state index in [4.69, 9.17) is 9.47 Å². The minimum Gasteiger partial charge on any atom is -0.493 e. The van der Waals surface area contributed by atoms with Gasteiger partial charge in [-0.3, -0.25) is 0 Å². The predicted octanol–water partition coefficient (Wildman–Crippen LogP) is 3.16. The van der Waals surface area contributed by atoms with E-state index in [0.29, 0.717) is 42.7 Å². The number of nitrogens with one attached hydrogen (secondary N) is 2. The first-order valence-corrected chi connectivity index (χ1v) is 9.62. The van der Waals surface area contributed by atoms with Gasteiger partial charge in [0.1, 0.15) is 5.82 Å². The second kappa shape index (κ2) is 11.3. The normalized spacial score (nSPS) is 11.5. The highest BCUT2D eigenvalue weighted by molar-refractivity contribution is 5.79. The zero-order valence-electron chi connectivity index (χ0n) is 17.9. The minimum atomic E-state index is -0.190. The maximum Gasteiger partial charge on any atom is 0.191 e. The molecule has 0 saturated heterocycles. The van der Waals surface area contributed by atoms with Gasteiger partial charge < -0.3 is 25.0 Å². The topological polar surface area (TPSA) is 58.1 Å². The number of guanidine groups is 1. The number of hydrogen-bond acceptors (Lipinski definition) is 4. The summed E-state index contributed by atoms with van der Waals surface area (Å²) >= 11 is 0. The summed E-state index contributed by atoms with van der Waals surface area (Å²) in [6.07, 6.45) is 0. The van der Waals surface area contributed by atoms with Crippen LogP contribution in [-0.2, 0) is 19.6 Å². The quantitative estimate of drug-likeness (QED) is 0.498. The Morgan fingerprint density at radius 2 is 1.72 bits per heavy atom. The molecule has 0 spiro atoms. The molecule has 0 atom stereocenters. The number of aliphatic imine (C=N–C) groups is 1. The van der Waals surface area contributed by atoms with E-state index in [0.717, 1.165) is 17.7 Å². The first kappa shape index (κ1) is 22.5. The van der Waals surface area contributed by atoms with Crippen LogP contribution < -0.4 is 20.1 Å². The molecule has 0 heterocycles. The van der Waals surface area contributed by atoms with Gasteiger partial charge in [-0.2, -0.15) is 0 Å². The average Bonchev–Trinajstić information content (AvgIpc) is 2.71. The van der Waals surface area contributed by atoms with Crippen LogP contribution in [0.5, 0.6) is 11.5 Å². The number of methoxy groups -OCH3 is 2. The molecule has 7 heteroatoms. The monoisotopic (exact) mass is 402 g/mol. The van der Waals surface area contributed by atoms with Gasteiger partial charge in [-0.1, -0.05) is 12.1 Å². The Kier molecular flexibility index (Phi) is 8.73. The summed E-state index contributed by atoms with van der Waals surface area (Å²) in [5, 5.41) is 6.55. The van der Waals surface area contributed by atoms with E-state index in [1.165, 1.54) is 6.07 Å². The van der Waals surface area contributed by atoms with Gasteiger partial charge in [-0.25, -0.2) is 9.38 Å². The second-order valence-electron chi connectivity index (χ2n) is 6.90. The molecule has 2 rings (SSSR count). The van der Waals surface area contributed by atoms with Crippen LogP contribution in [0.25, 0.3) is 0 Å². The lowest BCUT2D eigenvalue weighted by Gasteiger charge is -2.14. The lowest BCUT2D eigenvalue weighted by atomic mass is 10.1. The molecule has 0 amide bonds. The van der Waals surface area contributed by atoms with E-state index >= 15 is 0 Å². The number of ether oxygens (including phenoxy) is 2.